The van der Waals surface area contributed by atoms with Crippen LogP contribution in [0.4, 0.5) is 5.69 Å². The molecule has 1 aromatic carbocycles. The summed E-state index contributed by atoms with van der Waals surface area (Å²) in [5.74, 6) is 0. The quantitative estimate of drug-likeness (QED) is 0.809. The fraction of sp³-hybridized carbons (Fsp3) is 0.571. The highest BCUT2D eigenvalue weighted by atomic mass is 32.2. The van der Waals surface area contributed by atoms with E-state index in [2.05, 4.69) is 0 Å². The molecule has 20 heavy (non-hydrogen) atoms. The number of aliphatic hydroxyl groups excluding tert-OH is 1. The Kier molecular flexibility index (Phi) is 5.18. The van der Waals surface area contributed by atoms with Crippen molar-refractivity contribution in [2.24, 2.45) is 0 Å². The predicted octanol–water partition coefficient (Wildman–Crippen LogP) is 1.59. The van der Waals surface area contributed by atoms with E-state index in [9.17, 15) is 8.42 Å². The summed E-state index contributed by atoms with van der Waals surface area (Å²) in [6.45, 7) is 8.78. The van der Waals surface area contributed by atoms with Crippen molar-refractivity contribution < 1.29 is 13.5 Å². The van der Waals surface area contributed by atoms with Crippen LogP contribution in [0.2, 0.25) is 0 Å². The van der Waals surface area contributed by atoms with E-state index in [1.165, 1.54) is 4.31 Å². The highest BCUT2D eigenvalue weighted by molar-refractivity contribution is 7.89. The molecule has 0 aliphatic heterocycles. The minimum absolute atomic E-state index is 0.0761. The standard InChI is InChI=1S/C14H24N2O3S/c1-9(2)16(6-7-17)20(18,19)14-11(4)10(3)8-13(15)12(14)5/h8-9,17H,6-7,15H2,1-5H3. The highest BCUT2D eigenvalue weighted by Gasteiger charge is 2.30. The largest absolute Gasteiger partial charge is 0.398 e. The zero-order valence-electron chi connectivity index (χ0n) is 12.8. The van der Waals surface area contributed by atoms with Crippen LogP contribution >= 0.6 is 0 Å². The highest BCUT2D eigenvalue weighted by Crippen LogP contribution is 2.30. The van der Waals surface area contributed by atoms with Gasteiger partial charge in [0, 0.05) is 18.3 Å². The molecule has 0 amide bonds. The lowest BCUT2D eigenvalue weighted by Gasteiger charge is -2.27. The average molecular weight is 300 g/mol. The van der Waals surface area contributed by atoms with Crippen molar-refractivity contribution in [1.29, 1.82) is 0 Å². The van der Waals surface area contributed by atoms with E-state index in [0.29, 0.717) is 16.8 Å². The maximum Gasteiger partial charge on any atom is 0.243 e. The van der Waals surface area contributed by atoms with Gasteiger partial charge < -0.3 is 10.8 Å². The molecule has 1 rings (SSSR count). The summed E-state index contributed by atoms with van der Waals surface area (Å²) < 4.78 is 27.0. The summed E-state index contributed by atoms with van der Waals surface area (Å²) in [7, 11) is -3.68. The van der Waals surface area contributed by atoms with E-state index < -0.39 is 10.0 Å². The van der Waals surface area contributed by atoms with Gasteiger partial charge in [-0.25, -0.2) is 8.42 Å². The first kappa shape index (κ1) is 16.9. The van der Waals surface area contributed by atoms with Gasteiger partial charge in [0.15, 0.2) is 0 Å². The van der Waals surface area contributed by atoms with E-state index in [1.807, 2.05) is 6.92 Å². The Bertz CT molecular complexity index is 569. The molecule has 1 aromatic rings. The predicted molar refractivity (Wildman–Crippen MR) is 81.2 cm³/mol. The molecule has 0 bridgehead atoms. The van der Waals surface area contributed by atoms with Gasteiger partial charge in [0.05, 0.1) is 11.5 Å². The molecule has 0 saturated heterocycles. The Morgan fingerprint density at radius 1 is 1.25 bits per heavy atom. The van der Waals surface area contributed by atoms with Gasteiger partial charge in [0.2, 0.25) is 10.0 Å². The number of nitrogens with zero attached hydrogens (tertiary/aromatic N) is 1. The summed E-state index contributed by atoms with van der Waals surface area (Å²) in [5, 5.41) is 9.11. The van der Waals surface area contributed by atoms with Crippen molar-refractivity contribution in [1.82, 2.24) is 4.31 Å². The monoisotopic (exact) mass is 300 g/mol. The Morgan fingerprint density at radius 2 is 1.80 bits per heavy atom. The van der Waals surface area contributed by atoms with Crippen LogP contribution in [0.15, 0.2) is 11.0 Å². The molecular weight excluding hydrogens is 276 g/mol. The normalized spacial score (nSPS) is 12.4. The lowest BCUT2D eigenvalue weighted by atomic mass is 10.1. The van der Waals surface area contributed by atoms with Crippen LogP contribution in [0, 0.1) is 20.8 Å². The third kappa shape index (κ3) is 2.97. The van der Waals surface area contributed by atoms with Gasteiger partial charge in [-0.15, -0.1) is 0 Å². The van der Waals surface area contributed by atoms with Gasteiger partial charge >= 0.3 is 0 Å². The maximum atomic E-state index is 12.9. The van der Waals surface area contributed by atoms with Gasteiger partial charge in [-0.3, -0.25) is 0 Å². The van der Waals surface area contributed by atoms with Crippen LogP contribution in [0.1, 0.15) is 30.5 Å². The third-order valence-corrected chi connectivity index (χ3v) is 5.89. The summed E-state index contributed by atoms with van der Waals surface area (Å²) in [4.78, 5) is 0.261. The molecule has 0 fully saturated rings. The molecule has 0 aliphatic rings. The Hall–Kier alpha value is -1.11. The number of anilines is 1. The average Bonchev–Trinajstić information content (AvgIpc) is 2.32. The Labute approximate surface area is 121 Å². The second kappa shape index (κ2) is 6.11. The molecule has 3 N–H and O–H groups in total. The number of aryl methyl sites for hydroxylation is 1. The summed E-state index contributed by atoms with van der Waals surface area (Å²) in [6.07, 6.45) is 0. The van der Waals surface area contributed by atoms with Crippen molar-refractivity contribution in [3.8, 4) is 0 Å². The topological polar surface area (TPSA) is 83.6 Å². The van der Waals surface area contributed by atoms with Crippen LogP contribution in [0.5, 0.6) is 0 Å². The van der Waals surface area contributed by atoms with E-state index in [-0.39, 0.29) is 24.1 Å². The SMILES string of the molecule is Cc1cc(N)c(C)c(S(=O)(=O)N(CCO)C(C)C)c1C. The fourth-order valence-corrected chi connectivity index (χ4v) is 4.46. The number of aliphatic hydroxyl groups is 1. The lowest BCUT2D eigenvalue weighted by Crippen LogP contribution is -2.39. The Balaban J connectivity index is 3.57. The molecule has 0 unspecified atom stereocenters. The van der Waals surface area contributed by atoms with Crippen molar-refractivity contribution in [3.63, 3.8) is 0 Å². The zero-order valence-corrected chi connectivity index (χ0v) is 13.6. The van der Waals surface area contributed by atoms with Crippen molar-refractivity contribution in [2.45, 2.75) is 45.6 Å². The molecule has 0 aliphatic carbocycles. The minimum Gasteiger partial charge on any atom is -0.398 e. The van der Waals surface area contributed by atoms with Gasteiger partial charge in [-0.05, 0) is 57.4 Å². The van der Waals surface area contributed by atoms with E-state index in [1.54, 1.807) is 33.8 Å². The minimum atomic E-state index is -3.68. The molecule has 0 radical (unpaired) electrons. The van der Waals surface area contributed by atoms with Crippen LogP contribution in [0.3, 0.4) is 0 Å². The fourth-order valence-electron chi connectivity index (χ4n) is 2.30. The first-order chi connectivity index (χ1) is 9.14. The molecule has 0 atom stereocenters. The van der Waals surface area contributed by atoms with Gasteiger partial charge in [-0.1, -0.05) is 0 Å². The Morgan fingerprint density at radius 3 is 2.25 bits per heavy atom. The molecular formula is C14H24N2O3S. The van der Waals surface area contributed by atoms with Crippen LogP contribution < -0.4 is 5.73 Å². The third-order valence-electron chi connectivity index (χ3n) is 3.54. The number of benzene rings is 1. The van der Waals surface area contributed by atoms with Gasteiger partial charge in [0.25, 0.3) is 0 Å². The van der Waals surface area contributed by atoms with Crippen LogP contribution in [-0.2, 0) is 10.0 Å². The molecule has 6 heteroatoms. The summed E-state index contributed by atoms with van der Waals surface area (Å²) in [5.41, 5.74) is 8.50. The molecule has 0 heterocycles. The van der Waals surface area contributed by atoms with E-state index in [4.69, 9.17) is 10.8 Å². The zero-order chi connectivity index (χ0) is 15.7. The molecule has 0 saturated carbocycles. The van der Waals surface area contributed by atoms with Crippen LogP contribution in [0.25, 0.3) is 0 Å². The van der Waals surface area contributed by atoms with Gasteiger partial charge in [-0.2, -0.15) is 4.31 Å². The number of nitrogen functional groups attached to an aromatic ring is 1. The number of hydrogen-bond donors (Lipinski definition) is 2. The van der Waals surface area contributed by atoms with E-state index >= 15 is 0 Å². The number of nitrogens with two attached hydrogens (primary N) is 1. The summed E-state index contributed by atoms with van der Waals surface area (Å²) >= 11 is 0. The molecule has 0 aromatic heterocycles. The van der Waals surface area contributed by atoms with Crippen molar-refractivity contribution in [2.75, 3.05) is 18.9 Å². The van der Waals surface area contributed by atoms with Crippen LogP contribution in [-0.4, -0.2) is 37.0 Å². The first-order valence-electron chi connectivity index (χ1n) is 6.63. The van der Waals surface area contributed by atoms with Crippen molar-refractivity contribution >= 4 is 15.7 Å². The molecule has 114 valence electrons. The summed E-state index contributed by atoms with van der Waals surface area (Å²) in [6, 6.07) is 1.56. The smallest absolute Gasteiger partial charge is 0.243 e. The molecule has 0 spiro atoms. The second-order valence-corrected chi connectivity index (χ2v) is 7.12. The van der Waals surface area contributed by atoms with Gasteiger partial charge in [0.1, 0.15) is 0 Å². The number of rotatable bonds is 5. The molecule has 5 nitrogen and oxygen atoms in total. The van der Waals surface area contributed by atoms with Crippen molar-refractivity contribution in [3.05, 3.63) is 22.8 Å². The lowest BCUT2D eigenvalue weighted by molar-refractivity contribution is 0.236. The maximum absolute atomic E-state index is 12.9. The second-order valence-electron chi connectivity index (χ2n) is 5.29. The van der Waals surface area contributed by atoms with E-state index in [0.717, 1.165) is 5.56 Å². The first-order valence-corrected chi connectivity index (χ1v) is 8.07. The number of hydrogen-bond acceptors (Lipinski definition) is 4. The number of sulfonamides is 1.